The molecule has 0 amide bonds. The van der Waals surface area contributed by atoms with Gasteiger partial charge in [0.2, 0.25) is 0 Å². The molecule has 26 heavy (non-hydrogen) atoms. The molecule has 0 bridgehead atoms. The Kier molecular flexibility index (Phi) is 5.51. The van der Waals surface area contributed by atoms with Crippen LogP contribution in [0.25, 0.3) is 0 Å². The highest BCUT2D eigenvalue weighted by Crippen LogP contribution is 2.49. The van der Waals surface area contributed by atoms with E-state index < -0.39 is 0 Å². The molecule has 3 atom stereocenters. The Balaban J connectivity index is 1.18. The number of hydrogen-bond donors (Lipinski definition) is 1. The lowest BCUT2D eigenvalue weighted by atomic mass is 10.1. The average Bonchev–Trinajstić information content (AvgIpc) is 3.39. The van der Waals surface area contributed by atoms with Crippen LogP contribution in [-0.2, 0) is 11.3 Å². The van der Waals surface area contributed by atoms with Crippen molar-refractivity contribution in [3.05, 3.63) is 59.4 Å². The van der Waals surface area contributed by atoms with E-state index in [1.165, 1.54) is 29.5 Å². The van der Waals surface area contributed by atoms with Crippen molar-refractivity contribution in [3.8, 4) is 5.75 Å². The lowest BCUT2D eigenvalue weighted by molar-refractivity contribution is 0.114. The number of aromatic nitrogens is 1. The van der Waals surface area contributed by atoms with E-state index in [-0.39, 0.29) is 0 Å². The van der Waals surface area contributed by atoms with Gasteiger partial charge in [0.25, 0.3) is 0 Å². The molecule has 0 spiro atoms. The second kappa shape index (κ2) is 8.19. The summed E-state index contributed by atoms with van der Waals surface area (Å²) in [7, 11) is 0. The van der Waals surface area contributed by atoms with Gasteiger partial charge in [-0.05, 0) is 61.8 Å². The van der Waals surface area contributed by atoms with E-state index in [0.29, 0.717) is 18.6 Å². The van der Waals surface area contributed by atoms with Gasteiger partial charge in [-0.25, -0.2) is 0 Å². The summed E-state index contributed by atoms with van der Waals surface area (Å²) in [5, 5.41) is 3.36. The van der Waals surface area contributed by atoms with E-state index in [9.17, 15) is 0 Å². The highest BCUT2D eigenvalue weighted by molar-refractivity contribution is 5.30. The number of aryl methyl sites for hydroxylation is 1. The van der Waals surface area contributed by atoms with Crippen LogP contribution in [0.15, 0.2) is 42.7 Å². The molecule has 2 fully saturated rings. The summed E-state index contributed by atoms with van der Waals surface area (Å²) in [4.78, 5) is 4.37. The molecule has 4 nitrogen and oxygen atoms in total. The van der Waals surface area contributed by atoms with E-state index in [0.717, 1.165) is 37.8 Å². The number of pyridine rings is 1. The second-order valence-electron chi connectivity index (χ2n) is 7.63. The van der Waals surface area contributed by atoms with E-state index >= 15 is 0 Å². The van der Waals surface area contributed by atoms with Crippen molar-refractivity contribution in [2.75, 3.05) is 19.8 Å². The number of ether oxygens (including phenoxy) is 2. The lowest BCUT2D eigenvalue weighted by Gasteiger charge is -2.27. The van der Waals surface area contributed by atoms with Crippen molar-refractivity contribution < 1.29 is 9.47 Å². The van der Waals surface area contributed by atoms with Crippen molar-refractivity contribution in [1.82, 2.24) is 10.3 Å². The van der Waals surface area contributed by atoms with Crippen LogP contribution in [0.4, 0.5) is 0 Å². The average molecular weight is 352 g/mol. The van der Waals surface area contributed by atoms with Crippen LogP contribution in [0.2, 0.25) is 0 Å². The van der Waals surface area contributed by atoms with E-state index in [4.69, 9.17) is 9.47 Å². The summed E-state index contributed by atoms with van der Waals surface area (Å²) in [6.07, 6.45) is 7.38. The first-order valence-corrected chi connectivity index (χ1v) is 9.72. The van der Waals surface area contributed by atoms with E-state index in [2.05, 4.69) is 47.6 Å². The first kappa shape index (κ1) is 17.5. The first-order chi connectivity index (χ1) is 12.8. The summed E-state index contributed by atoms with van der Waals surface area (Å²) in [5.74, 6) is 2.24. The van der Waals surface area contributed by atoms with Gasteiger partial charge in [-0.15, -0.1) is 0 Å². The van der Waals surface area contributed by atoms with Gasteiger partial charge in [-0.3, -0.25) is 4.98 Å². The molecule has 0 unspecified atom stereocenters. The number of rotatable bonds is 9. The fourth-order valence-corrected chi connectivity index (χ4v) is 3.49. The molecule has 1 aromatic carbocycles. The quantitative estimate of drug-likeness (QED) is 0.697. The van der Waals surface area contributed by atoms with E-state index in [1.807, 2.05) is 12.4 Å². The third kappa shape index (κ3) is 4.63. The van der Waals surface area contributed by atoms with Crippen LogP contribution in [0.1, 0.15) is 41.9 Å². The maximum Gasteiger partial charge on any atom is 0.137 e. The van der Waals surface area contributed by atoms with E-state index in [1.54, 1.807) is 0 Å². The SMILES string of the molecule is Cc1ccc(COCC[C@H]2C[C@@H]2c2cncc(OC[C@@H]3CCN3)c2)cc1. The zero-order valence-corrected chi connectivity index (χ0v) is 15.5. The molecule has 2 heterocycles. The Morgan fingerprint density at radius 1 is 1.19 bits per heavy atom. The molecule has 1 N–H and O–H groups in total. The van der Waals surface area contributed by atoms with Gasteiger partial charge in [0, 0.05) is 18.8 Å². The maximum atomic E-state index is 5.87. The molecule has 4 rings (SSSR count). The van der Waals surface area contributed by atoms with Crippen LogP contribution in [0.3, 0.4) is 0 Å². The smallest absolute Gasteiger partial charge is 0.137 e. The molecule has 138 valence electrons. The summed E-state index contributed by atoms with van der Waals surface area (Å²) in [6.45, 7) is 5.49. The number of nitrogens with one attached hydrogen (secondary N) is 1. The van der Waals surface area contributed by atoms with Crippen LogP contribution in [0, 0.1) is 12.8 Å². The standard InChI is InChI=1S/C22H28N2O2/c1-16-2-4-17(5-3-16)14-25-9-7-18-11-22(18)19-10-21(13-23-12-19)26-15-20-6-8-24-20/h2-5,10,12-13,18,20,22,24H,6-9,11,14-15H2,1H3/t18-,20-,22-/m0/s1. The summed E-state index contributed by atoms with van der Waals surface area (Å²) >= 11 is 0. The first-order valence-electron chi connectivity index (χ1n) is 9.72. The minimum Gasteiger partial charge on any atom is -0.490 e. The Bertz CT molecular complexity index is 712. The number of hydrogen-bond acceptors (Lipinski definition) is 4. The van der Waals surface area contributed by atoms with Gasteiger partial charge in [0.15, 0.2) is 0 Å². The zero-order chi connectivity index (χ0) is 17.8. The van der Waals surface area contributed by atoms with Gasteiger partial charge in [-0.1, -0.05) is 29.8 Å². The second-order valence-corrected chi connectivity index (χ2v) is 7.63. The maximum absolute atomic E-state index is 5.87. The van der Waals surface area contributed by atoms with Gasteiger partial charge >= 0.3 is 0 Å². The van der Waals surface area contributed by atoms with Gasteiger partial charge in [0.1, 0.15) is 12.4 Å². The molecule has 0 radical (unpaired) electrons. The third-order valence-corrected chi connectivity index (χ3v) is 5.48. The predicted octanol–water partition coefficient (Wildman–Crippen LogP) is 3.84. The van der Waals surface area contributed by atoms with Crippen molar-refractivity contribution >= 4 is 0 Å². The molecule has 1 aliphatic carbocycles. The number of benzene rings is 1. The van der Waals surface area contributed by atoms with Crippen molar-refractivity contribution in [2.45, 2.75) is 44.8 Å². The van der Waals surface area contributed by atoms with Crippen molar-refractivity contribution in [3.63, 3.8) is 0 Å². The summed E-state index contributed by atoms with van der Waals surface area (Å²) in [5.41, 5.74) is 3.85. The zero-order valence-electron chi connectivity index (χ0n) is 15.5. The monoisotopic (exact) mass is 352 g/mol. The van der Waals surface area contributed by atoms with Crippen molar-refractivity contribution in [2.24, 2.45) is 5.92 Å². The van der Waals surface area contributed by atoms with Gasteiger partial charge < -0.3 is 14.8 Å². The van der Waals surface area contributed by atoms with Crippen LogP contribution >= 0.6 is 0 Å². The van der Waals surface area contributed by atoms with Gasteiger partial charge in [0.05, 0.1) is 12.8 Å². The summed E-state index contributed by atoms with van der Waals surface area (Å²) in [6, 6.07) is 11.2. The fraction of sp³-hybridized carbons (Fsp3) is 0.500. The van der Waals surface area contributed by atoms with Crippen LogP contribution in [0.5, 0.6) is 5.75 Å². The lowest BCUT2D eigenvalue weighted by Crippen LogP contribution is -2.46. The largest absolute Gasteiger partial charge is 0.490 e. The molecule has 4 heteroatoms. The Labute approximate surface area is 155 Å². The molecule has 1 aliphatic heterocycles. The van der Waals surface area contributed by atoms with Crippen LogP contribution < -0.4 is 10.1 Å². The van der Waals surface area contributed by atoms with Crippen LogP contribution in [-0.4, -0.2) is 30.8 Å². The molecule has 2 aromatic rings. The van der Waals surface area contributed by atoms with Crippen molar-refractivity contribution in [1.29, 1.82) is 0 Å². The number of nitrogens with zero attached hydrogens (tertiary/aromatic N) is 1. The molecular formula is C22H28N2O2. The molecule has 2 aliphatic rings. The topological polar surface area (TPSA) is 43.4 Å². The fourth-order valence-electron chi connectivity index (χ4n) is 3.49. The molecule has 1 aromatic heterocycles. The molecule has 1 saturated heterocycles. The Morgan fingerprint density at radius 3 is 2.81 bits per heavy atom. The van der Waals surface area contributed by atoms with Gasteiger partial charge in [-0.2, -0.15) is 0 Å². The Morgan fingerprint density at radius 2 is 2.04 bits per heavy atom. The molecule has 1 saturated carbocycles. The third-order valence-electron chi connectivity index (χ3n) is 5.48. The normalized spacial score (nSPS) is 24.1. The predicted molar refractivity (Wildman–Crippen MR) is 102 cm³/mol. The highest BCUT2D eigenvalue weighted by Gasteiger charge is 2.38. The minimum absolute atomic E-state index is 0.512. The highest BCUT2D eigenvalue weighted by atomic mass is 16.5. The summed E-state index contributed by atoms with van der Waals surface area (Å²) < 4.78 is 11.7. The Hall–Kier alpha value is -1.91. The molecular weight excluding hydrogens is 324 g/mol. The minimum atomic E-state index is 0.512.